The molecule has 3 aromatic rings. The molecule has 1 aromatic heterocycles. The molecule has 1 atom stereocenters. The van der Waals surface area contributed by atoms with Gasteiger partial charge in [-0.15, -0.1) is 10.2 Å². The zero-order valence-corrected chi connectivity index (χ0v) is 17.2. The van der Waals surface area contributed by atoms with Gasteiger partial charge in [0.2, 0.25) is 0 Å². The Morgan fingerprint density at radius 2 is 1.93 bits per heavy atom. The smallest absolute Gasteiger partial charge is 0.192 e. The average molecular weight is 379 g/mol. The maximum absolute atomic E-state index is 4.76. The van der Waals surface area contributed by atoms with Crippen molar-refractivity contribution >= 4 is 16.7 Å². The van der Waals surface area contributed by atoms with Crippen LogP contribution in [0.5, 0.6) is 0 Å². The minimum absolute atomic E-state index is 0.125. The van der Waals surface area contributed by atoms with Crippen molar-refractivity contribution in [3.63, 3.8) is 0 Å². The van der Waals surface area contributed by atoms with Crippen molar-refractivity contribution in [1.82, 2.24) is 25.4 Å². The molecule has 0 saturated heterocycles. The predicted octanol–water partition coefficient (Wildman–Crippen LogP) is 3.87. The van der Waals surface area contributed by atoms with Crippen LogP contribution in [0.1, 0.15) is 49.9 Å². The van der Waals surface area contributed by atoms with E-state index in [4.69, 9.17) is 4.99 Å². The lowest BCUT2D eigenvalue weighted by molar-refractivity contribution is 0.666. The number of fused-ring (bicyclic) bond motifs is 1. The summed E-state index contributed by atoms with van der Waals surface area (Å²) < 4.78 is 1.97. The third kappa shape index (κ3) is 4.68. The second kappa shape index (κ2) is 9.35. The lowest BCUT2D eigenvalue weighted by Crippen LogP contribution is -2.39. The first-order valence-corrected chi connectivity index (χ1v) is 9.97. The summed E-state index contributed by atoms with van der Waals surface area (Å²) in [5.74, 6) is 2.55. The van der Waals surface area contributed by atoms with Crippen LogP contribution in [0.4, 0.5) is 0 Å². The standard InChI is InChI=1S/C22H30N6/c1-5-6-14-23-22(24-15-21-27-26-17(3)28(21)4)25-16(2)19-13-9-11-18-10-7-8-12-20(18)19/h7-13,16H,5-6,14-15H2,1-4H3,(H2,23,24,25). The van der Waals surface area contributed by atoms with Crippen molar-refractivity contribution < 1.29 is 0 Å². The Hall–Kier alpha value is -2.89. The van der Waals surface area contributed by atoms with E-state index in [0.29, 0.717) is 6.54 Å². The molecule has 0 aliphatic carbocycles. The van der Waals surface area contributed by atoms with E-state index in [1.54, 1.807) is 0 Å². The van der Waals surface area contributed by atoms with Crippen molar-refractivity contribution in [2.75, 3.05) is 6.54 Å². The SMILES string of the molecule is CCCCNC(=NCc1nnc(C)n1C)NC(C)c1cccc2ccccc12. The Morgan fingerprint density at radius 3 is 2.68 bits per heavy atom. The summed E-state index contributed by atoms with van der Waals surface area (Å²) in [7, 11) is 1.97. The molecule has 0 spiro atoms. The van der Waals surface area contributed by atoms with Crippen molar-refractivity contribution in [2.45, 2.75) is 46.2 Å². The molecule has 3 rings (SSSR count). The molecule has 0 saturated carbocycles. The molecule has 0 amide bonds. The highest BCUT2D eigenvalue weighted by Gasteiger charge is 2.12. The first-order valence-electron chi connectivity index (χ1n) is 9.97. The lowest BCUT2D eigenvalue weighted by atomic mass is 10.00. The van der Waals surface area contributed by atoms with Gasteiger partial charge in [-0.05, 0) is 36.6 Å². The second-order valence-electron chi connectivity index (χ2n) is 7.10. The molecule has 1 heterocycles. The van der Waals surface area contributed by atoms with Gasteiger partial charge in [0, 0.05) is 13.6 Å². The summed E-state index contributed by atoms with van der Waals surface area (Å²) in [4.78, 5) is 4.76. The van der Waals surface area contributed by atoms with Crippen LogP contribution >= 0.6 is 0 Å². The van der Waals surface area contributed by atoms with Crippen LogP contribution in [-0.2, 0) is 13.6 Å². The number of nitrogens with one attached hydrogen (secondary N) is 2. The third-order valence-electron chi connectivity index (χ3n) is 5.03. The molecule has 0 radical (unpaired) electrons. The van der Waals surface area contributed by atoms with Gasteiger partial charge in [-0.3, -0.25) is 0 Å². The number of guanidine groups is 1. The van der Waals surface area contributed by atoms with E-state index in [0.717, 1.165) is 37.0 Å². The van der Waals surface area contributed by atoms with Crippen LogP contribution in [0.15, 0.2) is 47.5 Å². The number of nitrogens with zero attached hydrogens (tertiary/aromatic N) is 4. The van der Waals surface area contributed by atoms with E-state index in [-0.39, 0.29) is 6.04 Å². The van der Waals surface area contributed by atoms with Crippen molar-refractivity contribution in [3.05, 3.63) is 59.7 Å². The highest BCUT2D eigenvalue weighted by Crippen LogP contribution is 2.23. The largest absolute Gasteiger partial charge is 0.356 e. The number of aliphatic imine (C=N–C) groups is 1. The van der Waals surface area contributed by atoms with E-state index < -0.39 is 0 Å². The number of aryl methyl sites for hydroxylation is 1. The van der Waals surface area contributed by atoms with Crippen LogP contribution in [0.25, 0.3) is 10.8 Å². The van der Waals surface area contributed by atoms with Gasteiger partial charge in [0.1, 0.15) is 12.4 Å². The molecule has 0 fully saturated rings. The number of hydrogen-bond acceptors (Lipinski definition) is 3. The molecule has 2 N–H and O–H groups in total. The molecule has 6 heteroatoms. The summed E-state index contributed by atoms with van der Waals surface area (Å²) in [6, 6.07) is 15.0. The van der Waals surface area contributed by atoms with Gasteiger partial charge in [-0.2, -0.15) is 0 Å². The maximum atomic E-state index is 4.76. The third-order valence-corrected chi connectivity index (χ3v) is 5.03. The average Bonchev–Trinajstić information content (AvgIpc) is 3.03. The number of aromatic nitrogens is 3. The van der Waals surface area contributed by atoms with E-state index in [1.807, 2.05) is 18.5 Å². The zero-order chi connectivity index (χ0) is 19.9. The minimum Gasteiger partial charge on any atom is -0.356 e. The van der Waals surface area contributed by atoms with E-state index in [1.165, 1.54) is 16.3 Å². The molecular weight excluding hydrogens is 348 g/mol. The molecule has 6 nitrogen and oxygen atoms in total. The molecule has 28 heavy (non-hydrogen) atoms. The fourth-order valence-corrected chi connectivity index (χ4v) is 3.19. The Bertz CT molecular complexity index is 938. The van der Waals surface area contributed by atoms with Gasteiger partial charge >= 0.3 is 0 Å². The van der Waals surface area contributed by atoms with Crippen LogP contribution in [0, 0.1) is 6.92 Å². The van der Waals surface area contributed by atoms with Gasteiger partial charge in [-0.25, -0.2) is 4.99 Å². The molecule has 2 aromatic carbocycles. The van der Waals surface area contributed by atoms with Crippen LogP contribution < -0.4 is 10.6 Å². The van der Waals surface area contributed by atoms with Crippen LogP contribution in [0.3, 0.4) is 0 Å². The van der Waals surface area contributed by atoms with Gasteiger partial charge in [0.05, 0.1) is 6.04 Å². The first kappa shape index (κ1) is 19.9. The first-order chi connectivity index (χ1) is 13.6. The van der Waals surface area contributed by atoms with Gasteiger partial charge in [-0.1, -0.05) is 55.8 Å². The highest BCUT2D eigenvalue weighted by atomic mass is 15.3. The van der Waals surface area contributed by atoms with Crippen molar-refractivity contribution in [2.24, 2.45) is 12.0 Å². The topological polar surface area (TPSA) is 67.1 Å². The summed E-state index contributed by atoms with van der Waals surface area (Å²) in [6.45, 7) is 7.68. The maximum Gasteiger partial charge on any atom is 0.192 e. The van der Waals surface area contributed by atoms with Gasteiger partial charge < -0.3 is 15.2 Å². The molecule has 1 unspecified atom stereocenters. The van der Waals surface area contributed by atoms with Crippen molar-refractivity contribution in [3.8, 4) is 0 Å². The van der Waals surface area contributed by atoms with E-state index in [9.17, 15) is 0 Å². The lowest BCUT2D eigenvalue weighted by Gasteiger charge is -2.20. The Balaban J connectivity index is 1.79. The summed E-state index contributed by atoms with van der Waals surface area (Å²) in [5.41, 5.74) is 1.26. The fourth-order valence-electron chi connectivity index (χ4n) is 3.19. The quantitative estimate of drug-likeness (QED) is 0.372. The minimum atomic E-state index is 0.125. The molecule has 0 aliphatic heterocycles. The zero-order valence-electron chi connectivity index (χ0n) is 17.2. The predicted molar refractivity (Wildman–Crippen MR) is 115 cm³/mol. The normalized spacial score (nSPS) is 12.9. The fraction of sp³-hybridized carbons (Fsp3) is 0.409. The van der Waals surface area contributed by atoms with E-state index in [2.05, 4.69) is 77.1 Å². The molecule has 148 valence electrons. The summed E-state index contributed by atoms with van der Waals surface area (Å²) in [5, 5.41) is 17.9. The van der Waals surface area contributed by atoms with Gasteiger partial charge in [0.25, 0.3) is 0 Å². The van der Waals surface area contributed by atoms with Crippen LogP contribution in [-0.4, -0.2) is 27.3 Å². The van der Waals surface area contributed by atoms with Crippen LogP contribution in [0.2, 0.25) is 0 Å². The molecular formula is C22H30N6. The number of rotatable bonds is 7. The number of benzene rings is 2. The highest BCUT2D eigenvalue weighted by molar-refractivity contribution is 5.87. The number of hydrogen-bond donors (Lipinski definition) is 2. The van der Waals surface area contributed by atoms with Gasteiger partial charge in [0.15, 0.2) is 11.8 Å². The Morgan fingerprint density at radius 1 is 1.14 bits per heavy atom. The monoisotopic (exact) mass is 378 g/mol. The van der Waals surface area contributed by atoms with Crippen molar-refractivity contribution in [1.29, 1.82) is 0 Å². The summed E-state index contributed by atoms with van der Waals surface area (Å²) in [6.07, 6.45) is 2.24. The molecule has 0 aliphatic rings. The second-order valence-corrected chi connectivity index (χ2v) is 7.10. The number of unbranched alkanes of at least 4 members (excludes halogenated alkanes) is 1. The van der Waals surface area contributed by atoms with E-state index >= 15 is 0 Å². The summed E-state index contributed by atoms with van der Waals surface area (Å²) >= 11 is 0. The molecule has 0 bridgehead atoms. The Labute approximate surface area is 167 Å². The Kier molecular flexibility index (Phi) is 6.63.